The zero-order valence-corrected chi connectivity index (χ0v) is 18.9. The van der Waals surface area contributed by atoms with Crippen LogP contribution in [0.15, 0.2) is 6.07 Å². The number of hydrogen-bond acceptors (Lipinski definition) is 5. The van der Waals surface area contributed by atoms with Gasteiger partial charge in [-0.05, 0) is 39.5 Å². The van der Waals surface area contributed by atoms with Crippen LogP contribution in [0.1, 0.15) is 80.3 Å². The number of amides is 3. The van der Waals surface area contributed by atoms with E-state index < -0.39 is 5.54 Å². The lowest BCUT2D eigenvalue weighted by molar-refractivity contribution is -0.133. The molecule has 2 heterocycles. The molecule has 3 amide bonds. The Kier molecular flexibility index (Phi) is 7.69. The predicted octanol–water partition coefficient (Wildman–Crippen LogP) is 1.72. The Labute approximate surface area is 183 Å². The van der Waals surface area contributed by atoms with Crippen molar-refractivity contribution in [3.63, 3.8) is 0 Å². The number of fused-ring (bicyclic) bond motifs is 1. The van der Waals surface area contributed by atoms with E-state index in [1.165, 1.54) is 10.7 Å². The van der Waals surface area contributed by atoms with Crippen molar-refractivity contribution in [2.45, 2.75) is 77.4 Å². The first-order valence-electron chi connectivity index (χ1n) is 11.5. The summed E-state index contributed by atoms with van der Waals surface area (Å²) in [5.74, 6) is -0.741. The maximum atomic E-state index is 13.3. The predicted molar refractivity (Wildman–Crippen MR) is 116 cm³/mol. The van der Waals surface area contributed by atoms with E-state index in [1.54, 1.807) is 11.8 Å². The van der Waals surface area contributed by atoms with Gasteiger partial charge in [0, 0.05) is 38.4 Å². The zero-order valence-electron chi connectivity index (χ0n) is 18.9. The van der Waals surface area contributed by atoms with Gasteiger partial charge in [0.05, 0.1) is 6.54 Å². The average molecular weight is 434 g/mol. The van der Waals surface area contributed by atoms with Gasteiger partial charge in [0.1, 0.15) is 11.2 Å². The third-order valence-corrected chi connectivity index (χ3v) is 6.11. The molecule has 1 fully saturated rings. The van der Waals surface area contributed by atoms with E-state index in [2.05, 4.69) is 15.7 Å². The minimum atomic E-state index is -1.04. The number of nitrogens with one attached hydrogen (secondary N) is 2. The van der Waals surface area contributed by atoms with Crippen molar-refractivity contribution in [1.29, 1.82) is 0 Å². The Morgan fingerprint density at radius 2 is 2.03 bits per heavy atom. The second-order valence-electron chi connectivity index (χ2n) is 8.56. The molecule has 0 bridgehead atoms. The average Bonchev–Trinajstić information content (AvgIpc) is 3.40. The van der Waals surface area contributed by atoms with Crippen LogP contribution < -0.4 is 10.6 Å². The molecule has 9 nitrogen and oxygen atoms in total. The Balaban J connectivity index is 1.75. The molecule has 172 valence electrons. The quantitative estimate of drug-likeness (QED) is 0.547. The molecule has 1 atom stereocenters. The second-order valence-corrected chi connectivity index (χ2v) is 8.56. The highest BCUT2D eigenvalue weighted by Gasteiger charge is 2.48. The largest absolute Gasteiger partial charge is 0.382 e. The van der Waals surface area contributed by atoms with Crippen LogP contribution in [0.25, 0.3) is 0 Å². The standard InChI is InChI=1S/C22H35N5O4/c1-4-12-26-20(29)18-14-17(19(28)23-11-8-13-31-5-2)25-27(18)15-22(26,3)21(30)24-16-9-6-7-10-16/h14,16H,4-13,15H2,1-3H3,(H,23,28)(H,24,30)/t22-/m0/s1. The van der Waals surface area contributed by atoms with Gasteiger partial charge in [-0.3, -0.25) is 19.1 Å². The lowest BCUT2D eigenvalue weighted by Gasteiger charge is -2.43. The van der Waals surface area contributed by atoms with E-state index in [0.29, 0.717) is 38.4 Å². The highest BCUT2D eigenvalue weighted by Crippen LogP contribution is 2.29. The molecule has 31 heavy (non-hydrogen) atoms. The smallest absolute Gasteiger partial charge is 0.273 e. The van der Waals surface area contributed by atoms with Crippen molar-refractivity contribution in [2.75, 3.05) is 26.3 Å². The molecule has 1 aliphatic heterocycles. The van der Waals surface area contributed by atoms with Gasteiger partial charge < -0.3 is 20.3 Å². The minimum absolute atomic E-state index is 0.149. The molecule has 2 N–H and O–H groups in total. The van der Waals surface area contributed by atoms with Crippen molar-refractivity contribution < 1.29 is 19.1 Å². The Hall–Kier alpha value is -2.42. The van der Waals surface area contributed by atoms with E-state index >= 15 is 0 Å². The van der Waals surface area contributed by atoms with Crippen molar-refractivity contribution in [1.82, 2.24) is 25.3 Å². The first-order chi connectivity index (χ1) is 14.9. The van der Waals surface area contributed by atoms with Crippen LogP contribution in [-0.2, 0) is 16.1 Å². The number of carbonyl (C=O) groups excluding carboxylic acids is 3. The molecule has 0 radical (unpaired) electrons. The summed E-state index contributed by atoms with van der Waals surface area (Å²) >= 11 is 0. The number of nitrogens with zero attached hydrogens (tertiary/aromatic N) is 3. The van der Waals surface area contributed by atoms with Gasteiger partial charge >= 0.3 is 0 Å². The van der Waals surface area contributed by atoms with Crippen LogP contribution in [0, 0.1) is 0 Å². The van der Waals surface area contributed by atoms with Gasteiger partial charge in [-0.25, -0.2) is 0 Å². The molecule has 0 saturated heterocycles. The molecule has 0 unspecified atom stereocenters. The van der Waals surface area contributed by atoms with E-state index in [9.17, 15) is 14.4 Å². The fourth-order valence-electron chi connectivity index (χ4n) is 4.35. The summed E-state index contributed by atoms with van der Waals surface area (Å²) in [6, 6.07) is 1.69. The monoisotopic (exact) mass is 433 g/mol. The van der Waals surface area contributed by atoms with Crippen molar-refractivity contribution in [3.8, 4) is 0 Å². The van der Waals surface area contributed by atoms with Crippen molar-refractivity contribution >= 4 is 17.7 Å². The molecule has 9 heteroatoms. The maximum absolute atomic E-state index is 13.3. The highest BCUT2D eigenvalue weighted by atomic mass is 16.5. The normalized spacial score (nSPS) is 21.3. The third-order valence-electron chi connectivity index (χ3n) is 6.11. The van der Waals surface area contributed by atoms with Crippen LogP contribution in [-0.4, -0.2) is 70.3 Å². The van der Waals surface area contributed by atoms with Gasteiger partial charge in [0.2, 0.25) is 5.91 Å². The second kappa shape index (κ2) is 10.3. The fourth-order valence-corrected chi connectivity index (χ4v) is 4.35. The van der Waals surface area contributed by atoms with E-state index in [-0.39, 0.29) is 36.0 Å². The van der Waals surface area contributed by atoms with Crippen LogP contribution in [0.5, 0.6) is 0 Å². The Bertz CT molecular complexity index is 802. The van der Waals surface area contributed by atoms with E-state index in [0.717, 1.165) is 32.1 Å². The Morgan fingerprint density at radius 3 is 2.71 bits per heavy atom. The lowest BCUT2D eigenvalue weighted by Crippen LogP contribution is -2.65. The summed E-state index contributed by atoms with van der Waals surface area (Å²) in [5, 5.41) is 10.3. The first-order valence-corrected chi connectivity index (χ1v) is 11.5. The van der Waals surface area contributed by atoms with Crippen LogP contribution in [0.2, 0.25) is 0 Å². The van der Waals surface area contributed by atoms with E-state index in [4.69, 9.17) is 4.74 Å². The van der Waals surface area contributed by atoms with Gasteiger partial charge in [-0.1, -0.05) is 19.8 Å². The van der Waals surface area contributed by atoms with Crippen molar-refractivity contribution in [3.05, 3.63) is 17.5 Å². The van der Waals surface area contributed by atoms with E-state index in [1.807, 2.05) is 13.8 Å². The zero-order chi connectivity index (χ0) is 22.4. The Morgan fingerprint density at radius 1 is 1.29 bits per heavy atom. The molecule has 0 aromatic carbocycles. The molecule has 0 spiro atoms. The molecule has 3 rings (SSSR count). The molecule has 1 saturated carbocycles. The number of hydrogen-bond donors (Lipinski definition) is 2. The third kappa shape index (κ3) is 5.08. The first kappa shape index (κ1) is 23.2. The van der Waals surface area contributed by atoms with Gasteiger partial charge in [-0.2, -0.15) is 5.10 Å². The topological polar surface area (TPSA) is 106 Å². The van der Waals surface area contributed by atoms with Crippen LogP contribution >= 0.6 is 0 Å². The summed E-state index contributed by atoms with van der Waals surface area (Å²) in [6.07, 6.45) is 5.63. The summed E-state index contributed by atoms with van der Waals surface area (Å²) < 4.78 is 6.78. The molecule has 1 aromatic rings. The number of carbonyl (C=O) groups is 3. The van der Waals surface area contributed by atoms with Gasteiger partial charge in [-0.15, -0.1) is 0 Å². The maximum Gasteiger partial charge on any atom is 0.273 e. The van der Waals surface area contributed by atoms with Gasteiger partial charge in [0.25, 0.3) is 11.8 Å². The highest BCUT2D eigenvalue weighted by molar-refractivity contribution is 6.01. The number of aromatic nitrogens is 2. The SMILES string of the molecule is CCCN1C(=O)c2cc(C(=O)NCCCOCC)nn2C[C@@]1(C)C(=O)NC1CCCC1. The summed E-state index contributed by atoms with van der Waals surface area (Å²) in [7, 11) is 0. The molecular weight excluding hydrogens is 398 g/mol. The summed E-state index contributed by atoms with van der Waals surface area (Å²) in [5.41, 5.74) is -0.504. The van der Waals surface area contributed by atoms with Gasteiger partial charge in [0.15, 0.2) is 5.69 Å². The fraction of sp³-hybridized carbons (Fsp3) is 0.727. The number of rotatable bonds is 10. The van der Waals surface area contributed by atoms with Crippen LogP contribution in [0.3, 0.4) is 0 Å². The minimum Gasteiger partial charge on any atom is -0.382 e. The van der Waals surface area contributed by atoms with Crippen molar-refractivity contribution in [2.24, 2.45) is 0 Å². The molecular formula is C22H35N5O4. The molecule has 2 aliphatic rings. The molecule has 1 aliphatic carbocycles. The summed E-state index contributed by atoms with van der Waals surface area (Å²) in [6.45, 7) is 8.09. The van der Waals surface area contributed by atoms with Crippen LogP contribution in [0.4, 0.5) is 0 Å². The lowest BCUT2D eigenvalue weighted by atomic mass is 9.94. The summed E-state index contributed by atoms with van der Waals surface area (Å²) in [4.78, 5) is 40.7. The molecule has 1 aromatic heterocycles. The number of ether oxygens (including phenoxy) is 1.